The number of carbonyl (C=O) groups is 2. The standard InChI is InChI=1S/C33H34Cl3FN2O3/c1-18(2)14-29(33(41)42)38-22-9-6-19(7-10-22)20-15-25(23-11-8-21(37)17-28(23)36)24-12-13-31(40)39(30(24)16-20)32-26(34)4-3-5-27(32)35/h3-5,8,11,15-19,22,29,38H,6-7,9-10,12-14H2,1-2H3,(H,41,42)/t19?,22?,29-/m0/s1. The fourth-order valence-corrected chi connectivity index (χ4v) is 7.18. The maximum absolute atomic E-state index is 14.0. The first-order valence-corrected chi connectivity index (χ1v) is 15.5. The number of anilines is 2. The Hall–Kier alpha value is -2.64. The second kappa shape index (κ2) is 12.9. The van der Waals surface area contributed by atoms with E-state index < -0.39 is 17.8 Å². The lowest BCUT2D eigenvalue weighted by molar-refractivity contribution is -0.140. The number of nitrogens with zero attached hydrogens (tertiary/aromatic N) is 1. The summed E-state index contributed by atoms with van der Waals surface area (Å²) in [4.78, 5) is 26.9. The number of carboxylic acids is 1. The van der Waals surface area contributed by atoms with Crippen LogP contribution in [0.5, 0.6) is 0 Å². The van der Waals surface area contributed by atoms with Crippen molar-refractivity contribution in [2.45, 2.75) is 76.8 Å². The van der Waals surface area contributed by atoms with Crippen LogP contribution in [-0.4, -0.2) is 29.1 Å². The quantitative estimate of drug-likeness (QED) is 0.260. The molecule has 1 amide bonds. The fourth-order valence-electron chi connectivity index (χ4n) is 6.34. The molecule has 3 aromatic rings. The summed E-state index contributed by atoms with van der Waals surface area (Å²) in [6.45, 7) is 4.05. The van der Waals surface area contributed by atoms with Gasteiger partial charge in [0, 0.05) is 18.0 Å². The van der Waals surface area contributed by atoms with Gasteiger partial charge in [-0.1, -0.05) is 60.8 Å². The second-order valence-corrected chi connectivity index (χ2v) is 12.9. The molecule has 3 aromatic carbocycles. The predicted octanol–water partition coefficient (Wildman–Crippen LogP) is 9.18. The van der Waals surface area contributed by atoms with Crippen molar-refractivity contribution in [1.29, 1.82) is 0 Å². The van der Waals surface area contributed by atoms with Crippen LogP contribution in [0.25, 0.3) is 11.1 Å². The highest BCUT2D eigenvalue weighted by molar-refractivity contribution is 6.40. The van der Waals surface area contributed by atoms with Gasteiger partial charge in [-0.3, -0.25) is 14.5 Å². The molecule has 0 unspecified atom stereocenters. The molecule has 0 spiro atoms. The molecule has 2 aliphatic rings. The van der Waals surface area contributed by atoms with Crippen LogP contribution in [0.4, 0.5) is 15.8 Å². The summed E-state index contributed by atoms with van der Waals surface area (Å²) in [5, 5.41) is 14.1. The van der Waals surface area contributed by atoms with E-state index in [1.807, 2.05) is 13.8 Å². The van der Waals surface area contributed by atoms with Gasteiger partial charge >= 0.3 is 5.97 Å². The van der Waals surface area contributed by atoms with E-state index in [1.54, 1.807) is 29.2 Å². The van der Waals surface area contributed by atoms with Crippen molar-refractivity contribution < 1.29 is 19.1 Å². The molecular formula is C33H34Cl3FN2O3. The zero-order valence-corrected chi connectivity index (χ0v) is 25.9. The van der Waals surface area contributed by atoms with Gasteiger partial charge in [0.25, 0.3) is 0 Å². The van der Waals surface area contributed by atoms with Crippen molar-refractivity contribution in [3.8, 4) is 11.1 Å². The Kier molecular flexibility index (Phi) is 9.48. The summed E-state index contributed by atoms with van der Waals surface area (Å²) in [6, 6.07) is 13.3. The summed E-state index contributed by atoms with van der Waals surface area (Å²) >= 11 is 19.8. The van der Waals surface area contributed by atoms with Crippen molar-refractivity contribution in [2.24, 2.45) is 5.92 Å². The zero-order chi connectivity index (χ0) is 30.1. The lowest BCUT2D eigenvalue weighted by Crippen LogP contribution is -2.45. The van der Waals surface area contributed by atoms with Crippen molar-refractivity contribution in [1.82, 2.24) is 5.32 Å². The molecule has 0 bridgehead atoms. The topological polar surface area (TPSA) is 69.6 Å². The molecule has 2 N–H and O–H groups in total. The molecular weight excluding hydrogens is 598 g/mol. The molecule has 0 saturated heterocycles. The van der Waals surface area contributed by atoms with Gasteiger partial charge in [-0.15, -0.1) is 0 Å². The lowest BCUT2D eigenvalue weighted by atomic mass is 9.79. The van der Waals surface area contributed by atoms with Crippen LogP contribution in [0.2, 0.25) is 15.1 Å². The minimum Gasteiger partial charge on any atom is -0.480 e. The highest BCUT2D eigenvalue weighted by atomic mass is 35.5. The number of para-hydroxylation sites is 1. The van der Waals surface area contributed by atoms with Crippen LogP contribution in [0.15, 0.2) is 48.5 Å². The third kappa shape index (κ3) is 6.47. The van der Waals surface area contributed by atoms with Gasteiger partial charge in [-0.2, -0.15) is 0 Å². The summed E-state index contributed by atoms with van der Waals surface area (Å²) in [5.74, 6) is -0.885. The first-order chi connectivity index (χ1) is 20.0. The number of carboxylic acid groups (broad SMARTS) is 1. The first-order valence-electron chi connectivity index (χ1n) is 14.4. The molecule has 42 heavy (non-hydrogen) atoms. The van der Waals surface area contributed by atoms with Crippen molar-refractivity contribution in [3.05, 3.63) is 80.5 Å². The molecule has 1 heterocycles. The third-order valence-electron chi connectivity index (χ3n) is 8.35. The second-order valence-electron chi connectivity index (χ2n) is 11.7. The van der Waals surface area contributed by atoms with E-state index in [2.05, 4.69) is 17.4 Å². The van der Waals surface area contributed by atoms with Crippen LogP contribution in [0.3, 0.4) is 0 Å². The summed E-state index contributed by atoms with van der Waals surface area (Å²) in [7, 11) is 0. The van der Waals surface area contributed by atoms with E-state index in [9.17, 15) is 19.1 Å². The minimum absolute atomic E-state index is 0.108. The lowest BCUT2D eigenvalue weighted by Gasteiger charge is -2.35. The molecule has 1 aliphatic carbocycles. The molecule has 222 valence electrons. The number of hydrogen-bond donors (Lipinski definition) is 2. The van der Waals surface area contributed by atoms with E-state index >= 15 is 0 Å². The van der Waals surface area contributed by atoms with Crippen LogP contribution in [0.1, 0.15) is 69.4 Å². The van der Waals surface area contributed by atoms with Gasteiger partial charge in [0.2, 0.25) is 5.91 Å². The number of amides is 1. The molecule has 0 radical (unpaired) electrons. The Morgan fingerprint density at radius 3 is 2.29 bits per heavy atom. The Balaban J connectivity index is 1.54. The summed E-state index contributed by atoms with van der Waals surface area (Å²) < 4.78 is 14.0. The average Bonchev–Trinajstić information content (AvgIpc) is 2.93. The van der Waals surface area contributed by atoms with Gasteiger partial charge in [0.15, 0.2) is 0 Å². The SMILES string of the molecule is CC(C)C[C@H](NC1CCC(c2cc(-c3ccc(F)cc3Cl)c3c(c2)N(c2c(Cl)cccc2Cl)C(=O)CC3)CC1)C(=O)O. The van der Waals surface area contributed by atoms with Gasteiger partial charge in [0.1, 0.15) is 11.9 Å². The molecule has 1 aliphatic heterocycles. The molecule has 5 nitrogen and oxygen atoms in total. The summed E-state index contributed by atoms with van der Waals surface area (Å²) in [5.41, 5.74) is 4.68. The molecule has 1 atom stereocenters. The van der Waals surface area contributed by atoms with Crippen LogP contribution >= 0.6 is 34.8 Å². The number of rotatable bonds is 8. The van der Waals surface area contributed by atoms with E-state index in [4.69, 9.17) is 34.8 Å². The first kappa shape index (κ1) is 30.8. The number of carbonyl (C=O) groups excluding carboxylic acids is 1. The van der Waals surface area contributed by atoms with Crippen molar-refractivity contribution in [3.63, 3.8) is 0 Å². The number of fused-ring (bicyclic) bond motifs is 1. The maximum atomic E-state index is 14.0. The Morgan fingerprint density at radius 2 is 1.67 bits per heavy atom. The number of benzene rings is 3. The highest BCUT2D eigenvalue weighted by Gasteiger charge is 2.33. The smallest absolute Gasteiger partial charge is 0.320 e. The van der Waals surface area contributed by atoms with E-state index in [-0.39, 0.29) is 30.2 Å². The van der Waals surface area contributed by atoms with Gasteiger partial charge in [-0.05, 0) is 103 Å². The molecule has 5 rings (SSSR count). The van der Waals surface area contributed by atoms with Crippen molar-refractivity contribution >= 4 is 58.1 Å². The monoisotopic (exact) mass is 630 g/mol. The molecule has 1 fully saturated rings. The van der Waals surface area contributed by atoms with E-state index in [0.29, 0.717) is 44.8 Å². The van der Waals surface area contributed by atoms with Gasteiger partial charge < -0.3 is 10.4 Å². The largest absolute Gasteiger partial charge is 0.480 e. The minimum atomic E-state index is -0.815. The van der Waals surface area contributed by atoms with Crippen LogP contribution in [-0.2, 0) is 16.0 Å². The Morgan fingerprint density at radius 1 is 0.976 bits per heavy atom. The van der Waals surface area contributed by atoms with Crippen molar-refractivity contribution in [2.75, 3.05) is 4.90 Å². The number of halogens is 4. The predicted molar refractivity (Wildman–Crippen MR) is 168 cm³/mol. The zero-order valence-electron chi connectivity index (χ0n) is 23.6. The molecule has 1 saturated carbocycles. The van der Waals surface area contributed by atoms with E-state index in [1.165, 1.54) is 12.1 Å². The fraction of sp³-hybridized carbons (Fsp3) is 0.394. The summed E-state index contributed by atoms with van der Waals surface area (Å²) in [6.07, 6.45) is 4.70. The molecule has 9 heteroatoms. The van der Waals surface area contributed by atoms with Crippen LogP contribution in [0, 0.1) is 11.7 Å². The molecule has 0 aromatic heterocycles. The highest BCUT2D eigenvalue weighted by Crippen LogP contribution is 2.48. The Labute approximate surface area is 261 Å². The van der Waals surface area contributed by atoms with Gasteiger partial charge in [-0.25, -0.2) is 4.39 Å². The number of hydrogen-bond acceptors (Lipinski definition) is 3. The average molecular weight is 632 g/mol. The normalized spacial score (nSPS) is 19.6. The van der Waals surface area contributed by atoms with Gasteiger partial charge in [0.05, 0.1) is 26.4 Å². The number of aliphatic carboxylic acids is 1. The maximum Gasteiger partial charge on any atom is 0.320 e. The van der Waals surface area contributed by atoms with E-state index in [0.717, 1.165) is 42.4 Å². The third-order valence-corrected chi connectivity index (χ3v) is 9.27. The van der Waals surface area contributed by atoms with Crippen LogP contribution < -0.4 is 10.2 Å². The number of nitrogens with one attached hydrogen (secondary N) is 1. The Bertz CT molecular complexity index is 1480.